The SMILES string of the molecule is COC(=O)c1ccnc(NC(C)c2nc(C)cs2)c1N. The van der Waals surface area contributed by atoms with Crippen LogP contribution in [0.1, 0.15) is 34.0 Å². The topological polar surface area (TPSA) is 90.1 Å². The van der Waals surface area contributed by atoms with Crippen LogP contribution in [0.15, 0.2) is 17.6 Å². The van der Waals surface area contributed by atoms with Crippen molar-refractivity contribution in [3.05, 3.63) is 33.9 Å². The number of pyridine rings is 1. The lowest BCUT2D eigenvalue weighted by Crippen LogP contribution is -2.13. The minimum Gasteiger partial charge on any atom is -0.465 e. The van der Waals surface area contributed by atoms with Gasteiger partial charge in [-0.05, 0) is 19.9 Å². The molecule has 1 unspecified atom stereocenters. The van der Waals surface area contributed by atoms with Gasteiger partial charge in [-0.2, -0.15) is 0 Å². The largest absolute Gasteiger partial charge is 0.465 e. The molecule has 0 amide bonds. The molecule has 0 aliphatic carbocycles. The van der Waals surface area contributed by atoms with E-state index in [4.69, 9.17) is 5.73 Å². The molecular formula is C13H16N4O2S. The van der Waals surface area contributed by atoms with E-state index in [1.165, 1.54) is 19.4 Å². The number of hydrogen-bond donors (Lipinski definition) is 2. The van der Waals surface area contributed by atoms with Gasteiger partial charge in [0.15, 0.2) is 5.82 Å². The predicted molar refractivity (Wildman–Crippen MR) is 78.9 cm³/mol. The Kier molecular flexibility index (Phi) is 4.19. The van der Waals surface area contributed by atoms with Gasteiger partial charge in [0.05, 0.1) is 24.4 Å². The van der Waals surface area contributed by atoms with Crippen LogP contribution in [0.25, 0.3) is 0 Å². The molecule has 0 radical (unpaired) electrons. The Morgan fingerprint density at radius 1 is 1.55 bits per heavy atom. The van der Waals surface area contributed by atoms with Crippen molar-refractivity contribution >= 4 is 28.8 Å². The summed E-state index contributed by atoms with van der Waals surface area (Å²) in [6.07, 6.45) is 1.52. The smallest absolute Gasteiger partial charge is 0.340 e. The lowest BCUT2D eigenvalue weighted by Gasteiger charge is -2.15. The van der Waals surface area contributed by atoms with Crippen molar-refractivity contribution in [2.75, 3.05) is 18.2 Å². The number of rotatable bonds is 4. The molecule has 2 rings (SSSR count). The highest BCUT2D eigenvalue weighted by atomic mass is 32.1. The molecule has 0 bridgehead atoms. The van der Waals surface area contributed by atoms with Gasteiger partial charge < -0.3 is 15.8 Å². The zero-order valence-corrected chi connectivity index (χ0v) is 12.3. The van der Waals surface area contributed by atoms with E-state index in [0.717, 1.165) is 10.7 Å². The van der Waals surface area contributed by atoms with E-state index in [2.05, 4.69) is 20.0 Å². The lowest BCUT2D eigenvalue weighted by atomic mass is 10.2. The quantitative estimate of drug-likeness (QED) is 0.841. The lowest BCUT2D eigenvalue weighted by molar-refractivity contribution is 0.0602. The number of carbonyl (C=O) groups excluding carboxylic acids is 1. The minimum atomic E-state index is -0.481. The van der Waals surface area contributed by atoms with E-state index in [9.17, 15) is 4.79 Å². The van der Waals surface area contributed by atoms with Gasteiger partial charge in [-0.25, -0.2) is 14.8 Å². The van der Waals surface area contributed by atoms with Crippen LogP contribution in [0.2, 0.25) is 0 Å². The maximum Gasteiger partial charge on any atom is 0.340 e. The van der Waals surface area contributed by atoms with Crippen molar-refractivity contribution in [3.63, 3.8) is 0 Å². The number of aromatic nitrogens is 2. The molecule has 2 aromatic rings. The molecule has 0 aliphatic rings. The molecule has 0 aromatic carbocycles. The molecular weight excluding hydrogens is 276 g/mol. The zero-order chi connectivity index (χ0) is 14.7. The maximum absolute atomic E-state index is 11.6. The van der Waals surface area contributed by atoms with Crippen molar-refractivity contribution in [3.8, 4) is 0 Å². The number of nitrogens with zero attached hydrogens (tertiary/aromatic N) is 2. The third-order valence-corrected chi connectivity index (χ3v) is 3.90. The van der Waals surface area contributed by atoms with Crippen LogP contribution in [-0.4, -0.2) is 23.0 Å². The van der Waals surface area contributed by atoms with Crippen LogP contribution in [-0.2, 0) is 4.74 Å². The third kappa shape index (κ3) is 2.88. The number of carbonyl (C=O) groups is 1. The average Bonchev–Trinajstić information content (AvgIpc) is 2.87. The van der Waals surface area contributed by atoms with Crippen LogP contribution in [0.3, 0.4) is 0 Å². The number of esters is 1. The van der Waals surface area contributed by atoms with Gasteiger partial charge in [0, 0.05) is 17.3 Å². The van der Waals surface area contributed by atoms with Crippen LogP contribution in [0.5, 0.6) is 0 Å². The zero-order valence-electron chi connectivity index (χ0n) is 11.5. The summed E-state index contributed by atoms with van der Waals surface area (Å²) in [4.78, 5) is 20.1. The maximum atomic E-state index is 11.6. The number of nitrogens with two attached hydrogens (primary N) is 1. The monoisotopic (exact) mass is 292 g/mol. The summed E-state index contributed by atoms with van der Waals surface area (Å²) in [5, 5.41) is 6.08. The predicted octanol–water partition coefficient (Wildman–Crippen LogP) is 2.39. The van der Waals surface area contributed by atoms with Crippen molar-refractivity contribution in [1.82, 2.24) is 9.97 Å². The standard InChI is InChI=1S/C13H16N4O2S/c1-7-6-20-12(16-7)8(2)17-11-10(14)9(4-5-15-11)13(18)19-3/h4-6,8H,14H2,1-3H3,(H,15,17). The summed E-state index contributed by atoms with van der Waals surface area (Å²) in [5.41, 5.74) is 7.50. The fraction of sp³-hybridized carbons (Fsp3) is 0.308. The van der Waals surface area contributed by atoms with E-state index < -0.39 is 5.97 Å². The van der Waals surface area contributed by atoms with Crippen molar-refractivity contribution in [2.45, 2.75) is 19.9 Å². The summed E-state index contributed by atoms with van der Waals surface area (Å²) in [7, 11) is 1.32. The molecule has 20 heavy (non-hydrogen) atoms. The molecule has 0 aliphatic heterocycles. The second-order valence-corrected chi connectivity index (χ2v) is 5.20. The van der Waals surface area contributed by atoms with Gasteiger partial charge in [-0.1, -0.05) is 0 Å². The fourth-order valence-corrected chi connectivity index (χ4v) is 2.52. The molecule has 0 fully saturated rings. The molecule has 7 heteroatoms. The number of methoxy groups -OCH3 is 1. The average molecular weight is 292 g/mol. The Balaban J connectivity index is 2.23. The first kappa shape index (κ1) is 14.3. The summed E-state index contributed by atoms with van der Waals surface area (Å²) in [6.45, 7) is 3.90. The highest BCUT2D eigenvalue weighted by molar-refractivity contribution is 7.09. The van der Waals surface area contributed by atoms with Crippen molar-refractivity contribution < 1.29 is 9.53 Å². The highest BCUT2D eigenvalue weighted by Gasteiger charge is 2.16. The third-order valence-electron chi connectivity index (χ3n) is 2.76. The van der Waals surface area contributed by atoms with E-state index in [-0.39, 0.29) is 11.7 Å². The molecule has 106 valence electrons. The summed E-state index contributed by atoms with van der Waals surface area (Å²) >= 11 is 1.56. The van der Waals surface area contributed by atoms with Crippen LogP contribution in [0.4, 0.5) is 11.5 Å². The number of anilines is 2. The molecule has 2 heterocycles. The van der Waals surface area contributed by atoms with E-state index >= 15 is 0 Å². The molecule has 0 saturated heterocycles. The Hall–Kier alpha value is -2.15. The van der Waals surface area contributed by atoms with Crippen molar-refractivity contribution in [1.29, 1.82) is 0 Å². The van der Waals surface area contributed by atoms with E-state index in [1.807, 2.05) is 19.2 Å². The van der Waals surface area contributed by atoms with Crippen LogP contribution < -0.4 is 11.1 Å². The Labute approximate surface area is 121 Å². The number of thiazole rings is 1. The van der Waals surface area contributed by atoms with E-state index in [1.54, 1.807) is 11.3 Å². The number of nitrogen functional groups attached to an aromatic ring is 1. The highest BCUT2D eigenvalue weighted by Crippen LogP contribution is 2.26. The summed E-state index contributed by atoms with van der Waals surface area (Å²) < 4.78 is 4.68. The van der Waals surface area contributed by atoms with Gasteiger partial charge in [-0.15, -0.1) is 11.3 Å². The fourth-order valence-electron chi connectivity index (χ4n) is 1.71. The first-order chi connectivity index (χ1) is 9.52. The number of hydrogen-bond acceptors (Lipinski definition) is 7. The molecule has 6 nitrogen and oxygen atoms in total. The van der Waals surface area contributed by atoms with Gasteiger partial charge >= 0.3 is 5.97 Å². The molecule has 2 aromatic heterocycles. The number of aryl methyl sites for hydroxylation is 1. The van der Waals surface area contributed by atoms with Crippen molar-refractivity contribution in [2.24, 2.45) is 0 Å². The second kappa shape index (κ2) is 5.87. The number of nitrogens with one attached hydrogen (secondary N) is 1. The van der Waals surface area contributed by atoms with Gasteiger partial charge in [0.2, 0.25) is 0 Å². The minimum absolute atomic E-state index is 0.0450. The van der Waals surface area contributed by atoms with Gasteiger partial charge in [0.1, 0.15) is 5.01 Å². The molecule has 0 spiro atoms. The van der Waals surface area contributed by atoms with E-state index in [0.29, 0.717) is 11.4 Å². The Morgan fingerprint density at radius 2 is 2.30 bits per heavy atom. The normalized spacial score (nSPS) is 11.9. The second-order valence-electron chi connectivity index (χ2n) is 4.31. The number of ether oxygens (including phenoxy) is 1. The molecule has 1 atom stereocenters. The van der Waals surface area contributed by atoms with Crippen LogP contribution >= 0.6 is 11.3 Å². The Bertz CT molecular complexity index is 627. The van der Waals surface area contributed by atoms with Gasteiger partial charge in [0.25, 0.3) is 0 Å². The molecule has 0 saturated carbocycles. The molecule has 3 N–H and O–H groups in total. The first-order valence-corrected chi connectivity index (χ1v) is 6.92. The Morgan fingerprint density at radius 3 is 2.90 bits per heavy atom. The van der Waals surface area contributed by atoms with Gasteiger partial charge in [-0.3, -0.25) is 0 Å². The first-order valence-electron chi connectivity index (χ1n) is 6.04. The summed E-state index contributed by atoms with van der Waals surface area (Å²) in [6, 6.07) is 1.49. The van der Waals surface area contributed by atoms with Crippen LogP contribution in [0, 0.1) is 6.92 Å². The summed E-state index contributed by atoms with van der Waals surface area (Å²) in [5.74, 6) is -0.0288.